The van der Waals surface area contributed by atoms with E-state index in [4.69, 9.17) is 9.47 Å². The standard InChI is InChI=1S/C9H14O5/c1-8(2)9(11)14-6-5-12-3-4-13-7-10/h7H,1,3-6H2,2H3. The highest BCUT2D eigenvalue weighted by Gasteiger charge is 2.01. The number of carbonyl (C=O) groups excluding carboxylic acids is 2. The van der Waals surface area contributed by atoms with Crippen LogP contribution in [0, 0.1) is 0 Å². The molecule has 0 aliphatic carbocycles. The second kappa shape index (κ2) is 8.25. The van der Waals surface area contributed by atoms with E-state index < -0.39 is 5.97 Å². The van der Waals surface area contributed by atoms with Gasteiger partial charge in [0.05, 0.1) is 13.2 Å². The van der Waals surface area contributed by atoms with Gasteiger partial charge in [-0.25, -0.2) is 4.79 Å². The average molecular weight is 202 g/mol. The largest absolute Gasteiger partial charge is 0.465 e. The van der Waals surface area contributed by atoms with Gasteiger partial charge in [0, 0.05) is 5.57 Å². The number of ether oxygens (including phenoxy) is 3. The van der Waals surface area contributed by atoms with E-state index in [9.17, 15) is 9.59 Å². The molecule has 5 nitrogen and oxygen atoms in total. The van der Waals surface area contributed by atoms with Crippen LogP contribution in [0.5, 0.6) is 0 Å². The molecule has 0 rings (SSSR count). The summed E-state index contributed by atoms with van der Waals surface area (Å²) in [4.78, 5) is 20.5. The van der Waals surface area contributed by atoms with Crippen molar-refractivity contribution < 1.29 is 23.8 Å². The second-order valence-electron chi connectivity index (χ2n) is 2.50. The van der Waals surface area contributed by atoms with E-state index in [1.54, 1.807) is 6.92 Å². The minimum absolute atomic E-state index is 0.173. The summed E-state index contributed by atoms with van der Waals surface area (Å²) in [6, 6.07) is 0. The van der Waals surface area contributed by atoms with E-state index in [0.717, 1.165) is 0 Å². The molecule has 0 aromatic heterocycles. The maximum atomic E-state index is 10.8. The van der Waals surface area contributed by atoms with Crippen LogP contribution in [0.15, 0.2) is 12.2 Å². The molecule has 0 heterocycles. The molecular formula is C9H14O5. The predicted octanol–water partition coefficient (Wildman–Crippen LogP) is 0.295. The molecule has 0 aliphatic rings. The first kappa shape index (κ1) is 12.6. The highest BCUT2D eigenvalue weighted by Crippen LogP contribution is 1.91. The Morgan fingerprint density at radius 3 is 2.50 bits per heavy atom. The molecular weight excluding hydrogens is 188 g/mol. The van der Waals surface area contributed by atoms with Crippen LogP contribution >= 0.6 is 0 Å². The van der Waals surface area contributed by atoms with Gasteiger partial charge in [0.1, 0.15) is 13.2 Å². The van der Waals surface area contributed by atoms with Crippen LogP contribution in [0.4, 0.5) is 0 Å². The lowest BCUT2D eigenvalue weighted by molar-refractivity contribution is -0.140. The molecule has 80 valence electrons. The van der Waals surface area contributed by atoms with Gasteiger partial charge in [-0.05, 0) is 6.92 Å². The van der Waals surface area contributed by atoms with E-state index in [-0.39, 0.29) is 19.8 Å². The fourth-order valence-corrected chi connectivity index (χ4v) is 0.574. The van der Waals surface area contributed by atoms with Crippen molar-refractivity contribution in [2.45, 2.75) is 6.92 Å². The topological polar surface area (TPSA) is 61.8 Å². The van der Waals surface area contributed by atoms with Crippen molar-refractivity contribution in [1.82, 2.24) is 0 Å². The Hall–Kier alpha value is -1.36. The Morgan fingerprint density at radius 1 is 1.29 bits per heavy atom. The van der Waals surface area contributed by atoms with Crippen molar-refractivity contribution >= 4 is 12.4 Å². The number of esters is 1. The molecule has 0 bridgehead atoms. The van der Waals surface area contributed by atoms with Gasteiger partial charge in [-0.1, -0.05) is 6.58 Å². The van der Waals surface area contributed by atoms with Crippen LogP contribution in [0.3, 0.4) is 0 Å². The first-order chi connectivity index (χ1) is 6.68. The molecule has 0 amide bonds. The van der Waals surface area contributed by atoms with Crippen molar-refractivity contribution in [3.63, 3.8) is 0 Å². The predicted molar refractivity (Wildman–Crippen MR) is 48.6 cm³/mol. The van der Waals surface area contributed by atoms with Gasteiger partial charge in [0.15, 0.2) is 0 Å². The van der Waals surface area contributed by atoms with Crippen molar-refractivity contribution in [3.05, 3.63) is 12.2 Å². The Balaban J connectivity index is 3.17. The van der Waals surface area contributed by atoms with Crippen LogP contribution in [-0.4, -0.2) is 38.9 Å². The molecule has 0 radical (unpaired) electrons. The van der Waals surface area contributed by atoms with Gasteiger partial charge in [-0.2, -0.15) is 0 Å². The number of hydrogen-bond acceptors (Lipinski definition) is 5. The fraction of sp³-hybridized carbons (Fsp3) is 0.556. The summed E-state index contributed by atoms with van der Waals surface area (Å²) in [5.41, 5.74) is 0.356. The van der Waals surface area contributed by atoms with Crippen molar-refractivity contribution in [3.8, 4) is 0 Å². The molecule has 0 N–H and O–H groups in total. The van der Waals surface area contributed by atoms with Gasteiger partial charge in [0.25, 0.3) is 6.47 Å². The molecule has 14 heavy (non-hydrogen) atoms. The Morgan fingerprint density at radius 2 is 1.93 bits per heavy atom. The molecule has 0 spiro atoms. The van der Waals surface area contributed by atoms with Crippen LogP contribution in [-0.2, 0) is 23.8 Å². The molecule has 0 saturated heterocycles. The first-order valence-corrected chi connectivity index (χ1v) is 4.14. The van der Waals surface area contributed by atoms with Gasteiger partial charge in [0.2, 0.25) is 0 Å². The summed E-state index contributed by atoms with van der Waals surface area (Å²) in [6.07, 6.45) is 0. The van der Waals surface area contributed by atoms with Crippen LogP contribution in [0.1, 0.15) is 6.92 Å². The lowest BCUT2D eigenvalue weighted by atomic mass is 10.4. The molecule has 0 atom stereocenters. The lowest BCUT2D eigenvalue weighted by Gasteiger charge is -2.04. The maximum Gasteiger partial charge on any atom is 0.333 e. The summed E-state index contributed by atoms with van der Waals surface area (Å²) in [5, 5.41) is 0. The van der Waals surface area contributed by atoms with E-state index in [1.807, 2.05) is 0 Å². The lowest BCUT2D eigenvalue weighted by Crippen LogP contribution is -2.12. The number of hydrogen-bond donors (Lipinski definition) is 0. The molecule has 0 unspecified atom stereocenters. The quantitative estimate of drug-likeness (QED) is 0.245. The summed E-state index contributed by atoms with van der Waals surface area (Å²) >= 11 is 0. The van der Waals surface area contributed by atoms with Gasteiger partial charge < -0.3 is 14.2 Å². The summed E-state index contributed by atoms with van der Waals surface area (Å²) in [5.74, 6) is -0.433. The van der Waals surface area contributed by atoms with Crippen LogP contribution in [0.25, 0.3) is 0 Å². The van der Waals surface area contributed by atoms with Crippen molar-refractivity contribution in [1.29, 1.82) is 0 Å². The summed E-state index contributed by atoms with van der Waals surface area (Å²) in [6.45, 7) is 6.30. The first-order valence-electron chi connectivity index (χ1n) is 4.14. The molecule has 0 aromatic carbocycles. The SMILES string of the molecule is C=C(C)C(=O)OCCOCCOC=O. The second-order valence-corrected chi connectivity index (χ2v) is 2.50. The molecule has 5 heteroatoms. The zero-order chi connectivity index (χ0) is 10.8. The van der Waals surface area contributed by atoms with E-state index >= 15 is 0 Å². The minimum Gasteiger partial charge on any atom is -0.465 e. The van der Waals surface area contributed by atoms with Gasteiger partial charge in [-0.3, -0.25) is 4.79 Å². The zero-order valence-corrected chi connectivity index (χ0v) is 8.15. The van der Waals surface area contributed by atoms with Crippen LogP contribution in [0.2, 0.25) is 0 Å². The number of carbonyl (C=O) groups is 2. The molecule has 0 aliphatic heterocycles. The van der Waals surface area contributed by atoms with Crippen LogP contribution < -0.4 is 0 Å². The summed E-state index contributed by atoms with van der Waals surface area (Å²) in [7, 11) is 0. The zero-order valence-electron chi connectivity index (χ0n) is 8.15. The Bertz CT molecular complexity index is 199. The van der Waals surface area contributed by atoms with Gasteiger partial charge >= 0.3 is 5.97 Å². The summed E-state index contributed by atoms with van der Waals surface area (Å²) < 4.78 is 14.1. The molecule has 0 saturated carbocycles. The third kappa shape index (κ3) is 7.30. The van der Waals surface area contributed by atoms with Crippen molar-refractivity contribution in [2.24, 2.45) is 0 Å². The number of rotatable bonds is 8. The Labute approximate surface area is 82.6 Å². The fourth-order valence-electron chi connectivity index (χ4n) is 0.574. The molecule has 0 fully saturated rings. The normalized spacial score (nSPS) is 9.21. The van der Waals surface area contributed by atoms with E-state index in [2.05, 4.69) is 11.3 Å². The highest BCUT2D eigenvalue weighted by atomic mass is 16.6. The minimum atomic E-state index is -0.433. The Kier molecular flexibility index (Phi) is 7.45. The van der Waals surface area contributed by atoms with Gasteiger partial charge in [-0.15, -0.1) is 0 Å². The van der Waals surface area contributed by atoms with Crippen molar-refractivity contribution in [2.75, 3.05) is 26.4 Å². The van der Waals surface area contributed by atoms with E-state index in [1.165, 1.54) is 0 Å². The highest BCUT2D eigenvalue weighted by molar-refractivity contribution is 5.86. The smallest absolute Gasteiger partial charge is 0.333 e. The molecule has 0 aromatic rings. The third-order valence-electron chi connectivity index (χ3n) is 1.22. The maximum absolute atomic E-state index is 10.8. The third-order valence-corrected chi connectivity index (χ3v) is 1.22. The van der Waals surface area contributed by atoms with E-state index in [0.29, 0.717) is 18.7 Å². The monoisotopic (exact) mass is 202 g/mol. The average Bonchev–Trinajstić information content (AvgIpc) is 2.16.